The molecular weight excluding hydrogens is 196 g/mol. The lowest BCUT2D eigenvalue weighted by Crippen LogP contribution is -2.46. The number of ether oxygens (including phenoxy) is 1. The van der Waals surface area contributed by atoms with Gasteiger partial charge in [-0.2, -0.15) is 0 Å². The summed E-state index contributed by atoms with van der Waals surface area (Å²) in [5.41, 5.74) is -0.0301. The van der Waals surface area contributed by atoms with E-state index in [4.69, 9.17) is 4.74 Å². The van der Waals surface area contributed by atoms with Crippen LogP contribution in [-0.2, 0) is 4.74 Å². The zero-order chi connectivity index (χ0) is 10.6. The second kappa shape index (κ2) is 5.03. The standard InChI is InChI=1S/C10H20N2OS/c1-8-5-6-14-9(11-8)12-10(2,3)7-13-4/h8H,5-7H2,1-4H3,(H,11,12). The van der Waals surface area contributed by atoms with Crippen LogP contribution in [0.5, 0.6) is 0 Å². The Morgan fingerprint density at radius 2 is 2.36 bits per heavy atom. The van der Waals surface area contributed by atoms with Gasteiger partial charge < -0.3 is 10.1 Å². The Morgan fingerprint density at radius 3 is 2.93 bits per heavy atom. The molecule has 0 aromatic carbocycles. The van der Waals surface area contributed by atoms with Crippen molar-refractivity contribution in [3.05, 3.63) is 0 Å². The first kappa shape index (κ1) is 11.9. The minimum absolute atomic E-state index is 0.0301. The molecule has 1 rings (SSSR count). The average Bonchev–Trinajstić information content (AvgIpc) is 2.02. The van der Waals surface area contributed by atoms with E-state index < -0.39 is 0 Å². The Bertz CT molecular complexity index is 216. The number of rotatable bonds is 3. The summed E-state index contributed by atoms with van der Waals surface area (Å²) in [6.07, 6.45) is 1.18. The number of hydrogen-bond donors (Lipinski definition) is 1. The van der Waals surface area contributed by atoms with Crippen LogP contribution in [0.2, 0.25) is 0 Å². The summed E-state index contributed by atoms with van der Waals surface area (Å²) < 4.78 is 5.15. The summed E-state index contributed by atoms with van der Waals surface area (Å²) in [5.74, 6) is 1.16. The van der Waals surface area contributed by atoms with Crippen molar-refractivity contribution in [3.63, 3.8) is 0 Å². The molecule has 0 fully saturated rings. The minimum atomic E-state index is -0.0301. The maximum atomic E-state index is 5.15. The van der Waals surface area contributed by atoms with Crippen LogP contribution in [0.25, 0.3) is 0 Å². The molecule has 1 aliphatic heterocycles. The Hall–Kier alpha value is -0.220. The van der Waals surface area contributed by atoms with Crippen LogP contribution >= 0.6 is 11.8 Å². The van der Waals surface area contributed by atoms with Crippen LogP contribution in [0.15, 0.2) is 4.99 Å². The first-order chi connectivity index (χ1) is 6.53. The number of nitrogens with zero attached hydrogens (tertiary/aromatic N) is 1. The number of hydrogen-bond acceptors (Lipinski definition) is 4. The van der Waals surface area contributed by atoms with E-state index in [0.717, 1.165) is 10.9 Å². The number of thioether (sulfide) groups is 1. The largest absolute Gasteiger partial charge is 0.382 e. The maximum absolute atomic E-state index is 5.15. The fourth-order valence-electron chi connectivity index (χ4n) is 1.38. The average molecular weight is 216 g/mol. The van der Waals surface area contributed by atoms with Gasteiger partial charge in [0.25, 0.3) is 0 Å². The van der Waals surface area contributed by atoms with Crippen LogP contribution in [0.4, 0.5) is 0 Å². The summed E-state index contributed by atoms with van der Waals surface area (Å²) in [4.78, 5) is 4.56. The number of aliphatic imine (C=N–C) groups is 1. The monoisotopic (exact) mass is 216 g/mol. The van der Waals surface area contributed by atoms with Crippen molar-refractivity contribution in [3.8, 4) is 0 Å². The number of nitrogens with one attached hydrogen (secondary N) is 1. The highest BCUT2D eigenvalue weighted by atomic mass is 32.2. The van der Waals surface area contributed by atoms with Crippen LogP contribution < -0.4 is 5.32 Å². The highest BCUT2D eigenvalue weighted by molar-refractivity contribution is 8.13. The lowest BCUT2D eigenvalue weighted by Gasteiger charge is -2.29. The van der Waals surface area contributed by atoms with E-state index in [2.05, 4.69) is 31.1 Å². The Kier molecular flexibility index (Phi) is 4.26. The van der Waals surface area contributed by atoms with Gasteiger partial charge in [-0.05, 0) is 27.2 Å². The third kappa shape index (κ3) is 3.88. The van der Waals surface area contributed by atoms with E-state index in [9.17, 15) is 0 Å². The maximum Gasteiger partial charge on any atom is 0.157 e. The van der Waals surface area contributed by atoms with Gasteiger partial charge in [0.05, 0.1) is 18.2 Å². The lowest BCUT2D eigenvalue weighted by molar-refractivity contribution is 0.140. The lowest BCUT2D eigenvalue weighted by atomic mass is 10.1. The normalized spacial score (nSPS) is 23.1. The third-order valence-electron chi connectivity index (χ3n) is 2.06. The van der Waals surface area contributed by atoms with Gasteiger partial charge in [-0.3, -0.25) is 4.99 Å². The van der Waals surface area contributed by atoms with Crippen molar-refractivity contribution < 1.29 is 4.74 Å². The van der Waals surface area contributed by atoms with Crippen LogP contribution in [0, 0.1) is 0 Å². The first-order valence-electron chi connectivity index (χ1n) is 5.01. The predicted molar refractivity (Wildman–Crippen MR) is 63.1 cm³/mol. The molecule has 0 aromatic heterocycles. The number of methoxy groups -OCH3 is 1. The predicted octanol–water partition coefficient (Wildman–Crippen LogP) is 1.88. The summed E-state index contributed by atoms with van der Waals surface area (Å²) in [6.45, 7) is 7.10. The highest BCUT2D eigenvalue weighted by Gasteiger charge is 2.21. The van der Waals surface area contributed by atoms with Gasteiger partial charge >= 0.3 is 0 Å². The van der Waals surface area contributed by atoms with Crippen molar-refractivity contribution in [1.29, 1.82) is 0 Å². The molecule has 3 nitrogen and oxygen atoms in total. The van der Waals surface area contributed by atoms with Crippen molar-refractivity contribution in [2.75, 3.05) is 19.5 Å². The molecule has 1 heterocycles. The van der Waals surface area contributed by atoms with Crippen molar-refractivity contribution >= 4 is 16.9 Å². The Balaban J connectivity index is 2.50. The van der Waals surface area contributed by atoms with Gasteiger partial charge in [0.1, 0.15) is 0 Å². The molecule has 1 atom stereocenters. The molecule has 0 spiro atoms. The molecule has 0 aliphatic carbocycles. The molecule has 1 N–H and O–H groups in total. The molecule has 0 saturated carbocycles. The van der Waals surface area contributed by atoms with Crippen LogP contribution in [-0.4, -0.2) is 36.2 Å². The smallest absolute Gasteiger partial charge is 0.157 e. The molecule has 1 aliphatic rings. The summed E-state index contributed by atoms with van der Waals surface area (Å²) in [7, 11) is 1.72. The molecule has 0 saturated heterocycles. The summed E-state index contributed by atoms with van der Waals surface area (Å²) in [5, 5.41) is 4.48. The molecule has 82 valence electrons. The molecule has 1 unspecified atom stereocenters. The topological polar surface area (TPSA) is 33.6 Å². The second-order valence-corrected chi connectivity index (χ2v) is 5.45. The van der Waals surface area contributed by atoms with Gasteiger partial charge in [-0.15, -0.1) is 0 Å². The Labute approximate surface area is 90.7 Å². The molecule has 0 amide bonds. The van der Waals surface area contributed by atoms with E-state index in [0.29, 0.717) is 12.6 Å². The van der Waals surface area contributed by atoms with Gasteiger partial charge in [-0.1, -0.05) is 11.8 Å². The van der Waals surface area contributed by atoms with Gasteiger partial charge in [0, 0.05) is 12.9 Å². The van der Waals surface area contributed by atoms with E-state index >= 15 is 0 Å². The molecule has 0 aromatic rings. The van der Waals surface area contributed by atoms with Crippen molar-refractivity contribution in [1.82, 2.24) is 5.32 Å². The molecule has 0 bridgehead atoms. The van der Waals surface area contributed by atoms with E-state index in [1.807, 2.05) is 0 Å². The van der Waals surface area contributed by atoms with E-state index in [-0.39, 0.29) is 5.54 Å². The zero-order valence-electron chi connectivity index (χ0n) is 9.46. The number of amidine groups is 1. The highest BCUT2D eigenvalue weighted by Crippen LogP contribution is 2.17. The fourth-order valence-corrected chi connectivity index (χ4v) is 2.64. The van der Waals surface area contributed by atoms with E-state index in [1.165, 1.54) is 6.42 Å². The minimum Gasteiger partial charge on any atom is -0.382 e. The fraction of sp³-hybridized carbons (Fsp3) is 0.900. The molecule has 0 radical (unpaired) electrons. The van der Waals surface area contributed by atoms with Crippen molar-refractivity contribution in [2.24, 2.45) is 4.99 Å². The van der Waals surface area contributed by atoms with Crippen LogP contribution in [0.3, 0.4) is 0 Å². The second-order valence-electron chi connectivity index (χ2n) is 4.36. The molecule has 4 heteroatoms. The SMILES string of the molecule is COCC(C)(C)NC1=NC(C)CCS1. The third-order valence-corrected chi connectivity index (χ3v) is 2.98. The van der Waals surface area contributed by atoms with Gasteiger partial charge in [0.15, 0.2) is 5.17 Å². The zero-order valence-corrected chi connectivity index (χ0v) is 10.3. The summed E-state index contributed by atoms with van der Waals surface area (Å²) in [6, 6.07) is 0.456. The van der Waals surface area contributed by atoms with E-state index in [1.54, 1.807) is 18.9 Å². The van der Waals surface area contributed by atoms with Gasteiger partial charge in [-0.25, -0.2) is 0 Å². The summed E-state index contributed by atoms with van der Waals surface area (Å²) >= 11 is 1.80. The molecule has 14 heavy (non-hydrogen) atoms. The first-order valence-corrected chi connectivity index (χ1v) is 6.00. The quantitative estimate of drug-likeness (QED) is 0.782. The van der Waals surface area contributed by atoms with Gasteiger partial charge in [0.2, 0.25) is 0 Å². The molecular formula is C10H20N2OS. The van der Waals surface area contributed by atoms with Crippen molar-refractivity contribution in [2.45, 2.75) is 38.8 Å². The Morgan fingerprint density at radius 1 is 1.64 bits per heavy atom. The van der Waals surface area contributed by atoms with Crippen LogP contribution in [0.1, 0.15) is 27.2 Å².